The first-order valence-electron chi connectivity index (χ1n) is 4.64. The lowest BCUT2D eigenvalue weighted by Crippen LogP contribution is -2.14. The number of hydrogen-bond donors (Lipinski definition) is 3. The number of nitrogens with zero attached hydrogens (tertiary/aromatic N) is 1. The molecule has 5 nitrogen and oxygen atoms in total. The lowest BCUT2D eigenvalue weighted by atomic mass is 10.1. The molecule has 0 bridgehead atoms. The highest BCUT2D eigenvalue weighted by atomic mass is 16.5. The summed E-state index contributed by atoms with van der Waals surface area (Å²) in [5, 5.41) is 11.4. The van der Waals surface area contributed by atoms with Gasteiger partial charge in [-0.15, -0.1) is 0 Å². The highest BCUT2D eigenvalue weighted by Gasteiger charge is 2.10. The van der Waals surface area contributed by atoms with Gasteiger partial charge in [-0.1, -0.05) is 0 Å². The zero-order chi connectivity index (χ0) is 10.7. The first kappa shape index (κ1) is 9.67. The summed E-state index contributed by atoms with van der Waals surface area (Å²) in [6.45, 7) is 0.909. The van der Waals surface area contributed by atoms with E-state index in [4.69, 9.17) is 5.21 Å². The third-order valence-corrected chi connectivity index (χ3v) is 2.21. The summed E-state index contributed by atoms with van der Waals surface area (Å²) in [4.78, 5) is 14.9. The molecule has 2 heterocycles. The quantitative estimate of drug-likeness (QED) is 0.375. The Morgan fingerprint density at radius 1 is 1.67 bits per heavy atom. The van der Waals surface area contributed by atoms with Gasteiger partial charge in [-0.25, -0.2) is 10.5 Å². The topological polar surface area (TPSA) is 74.2 Å². The molecular weight excluding hydrogens is 194 g/mol. The van der Waals surface area contributed by atoms with Crippen molar-refractivity contribution < 1.29 is 10.0 Å². The molecule has 0 fully saturated rings. The van der Waals surface area contributed by atoms with Gasteiger partial charge >= 0.3 is 0 Å². The number of carbonyl (C=O) groups is 1. The van der Waals surface area contributed by atoms with Gasteiger partial charge in [0.1, 0.15) is 5.82 Å². The fraction of sp³-hybridized carbons (Fsp3) is 0.200. The predicted octanol–water partition coefficient (Wildman–Crippen LogP) is 0.568. The van der Waals surface area contributed by atoms with Crippen LogP contribution in [-0.4, -0.2) is 22.6 Å². The van der Waals surface area contributed by atoms with Gasteiger partial charge in [0.05, 0.1) is 0 Å². The molecule has 0 atom stereocenters. The second kappa shape index (κ2) is 4.10. The Morgan fingerprint density at radius 3 is 3.33 bits per heavy atom. The number of fused-ring (bicyclic) bond motifs is 1. The van der Waals surface area contributed by atoms with E-state index in [1.807, 2.05) is 6.07 Å². The lowest BCUT2D eigenvalue weighted by molar-refractivity contribution is -0.124. The number of pyridine rings is 1. The van der Waals surface area contributed by atoms with Gasteiger partial charge in [-0.3, -0.25) is 10.0 Å². The van der Waals surface area contributed by atoms with Gasteiger partial charge in [0.2, 0.25) is 0 Å². The maximum absolute atomic E-state index is 10.7. The van der Waals surface area contributed by atoms with Gasteiger partial charge in [-0.2, -0.15) is 0 Å². The fourth-order valence-corrected chi connectivity index (χ4v) is 1.49. The van der Waals surface area contributed by atoms with Crippen LogP contribution >= 0.6 is 0 Å². The van der Waals surface area contributed by atoms with Crippen LogP contribution in [0.25, 0.3) is 6.08 Å². The van der Waals surface area contributed by atoms with Crippen molar-refractivity contribution in [2.24, 2.45) is 0 Å². The normalized spacial score (nSPS) is 13.7. The molecule has 0 spiro atoms. The second-order valence-corrected chi connectivity index (χ2v) is 3.26. The molecule has 15 heavy (non-hydrogen) atoms. The van der Waals surface area contributed by atoms with Crippen LogP contribution in [0.4, 0.5) is 5.82 Å². The lowest BCUT2D eigenvalue weighted by Gasteiger charge is -1.99. The van der Waals surface area contributed by atoms with Crippen molar-refractivity contribution in [3.05, 3.63) is 29.5 Å². The van der Waals surface area contributed by atoms with Crippen molar-refractivity contribution in [2.45, 2.75) is 6.42 Å². The molecule has 2 rings (SSSR count). The summed E-state index contributed by atoms with van der Waals surface area (Å²) < 4.78 is 0. The highest BCUT2D eigenvalue weighted by Crippen LogP contribution is 2.20. The van der Waals surface area contributed by atoms with Crippen LogP contribution < -0.4 is 10.8 Å². The molecule has 1 aromatic heterocycles. The summed E-state index contributed by atoms with van der Waals surface area (Å²) >= 11 is 0. The van der Waals surface area contributed by atoms with E-state index in [0.717, 1.165) is 29.9 Å². The van der Waals surface area contributed by atoms with Crippen molar-refractivity contribution in [1.29, 1.82) is 0 Å². The van der Waals surface area contributed by atoms with Crippen LogP contribution in [0.5, 0.6) is 0 Å². The molecule has 78 valence electrons. The molecule has 1 aliphatic heterocycles. The number of aromatic nitrogens is 1. The summed E-state index contributed by atoms with van der Waals surface area (Å²) in [6, 6.07) is 1.98. The van der Waals surface area contributed by atoms with Crippen LogP contribution in [-0.2, 0) is 11.2 Å². The van der Waals surface area contributed by atoms with Crippen molar-refractivity contribution in [2.75, 3.05) is 11.9 Å². The molecule has 0 unspecified atom stereocenters. The minimum absolute atomic E-state index is 0.548. The van der Waals surface area contributed by atoms with Gasteiger partial charge in [-0.05, 0) is 29.7 Å². The van der Waals surface area contributed by atoms with Gasteiger partial charge in [0.25, 0.3) is 5.91 Å². The van der Waals surface area contributed by atoms with Gasteiger partial charge in [0, 0.05) is 18.8 Å². The standard InChI is InChI=1S/C10H11N3O2/c14-9(13-15)2-1-7-5-8-3-4-11-10(8)12-6-7/h1-2,5-6,15H,3-4H2,(H,11,12)(H,13,14). The summed E-state index contributed by atoms with van der Waals surface area (Å²) in [5.74, 6) is 0.368. The van der Waals surface area contributed by atoms with Crippen molar-refractivity contribution >= 4 is 17.8 Å². The Labute approximate surface area is 86.8 Å². The zero-order valence-corrected chi connectivity index (χ0v) is 8.03. The van der Waals surface area contributed by atoms with E-state index in [-0.39, 0.29) is 0 Å². The van der Waals surface area contributed by atoms with E-state index in [2.05, 4.69) is 10.3 Å². The van der Waals surface area contributed by atoms with Crippen molar-refractivity contribution in [1.82, 2.24) is 10.5 Å². The van der Waals surface area contributed by atoms with Crippen LogP contribution in [0.3, 0.4) is 0 Å². The predicted molar refractivity (Wildman–Crippen MR) is 55.4 cm³/mol. The molecule has 1 aromatic rings. The number of anilines is 1. The molecule has 0 aromatic carbocycles. The molecule has 1 amide bonds. The molecule has 3 N–H and O–H groups in total. The van der Waals surface area contributed by atoms with Gasteiger partial charge in [0.15, 0.2) is 0 Å². The Balaban J connectivity index is 2.16. The molecule has 5 heteroatoms. The van der Waals surface area contributed by atoms with Crippen LogP contribution in [0.15, 0.2) is 18.3 Å². The molecule has 0 radical (unpaired) electrons. The van der Waals surface area contributed by atoms with Gasteiger partial charge < -0.3 is 5.32 Å². The van der Waals surface area contributed by atoms with E-state index >= 15 is 0 Å². The minimum atomic E-state index is -0.548. The second-order valence-electron chi connectivity index (χ2n) is 3.26. The molecule has 0 saturated carbocycles. The average molecular weight is 205 g/mol. The summed E-state index contributed by atoms with van der Waals surface area (Å²) in [7, 11) is 0. The van der Waals surface area contributed by atoms with E-state index in [9.17, 15) is 4.79 Å². The van der Waals surface area contributed by atoms with Crippen LogP contribution in [0.1, 0.15) is 11.1 Å². The van der Waals surface area contributed by atoms with Crippen molar-refractivity contribution in [3.8, 4) is 0 Å². The number of hydrogen-bond acceptors (Lipinski definition) is 4. The minimum Gasteiger partial charge on any atom is -0.370 e. The summed E-state index contributed by atoms with van der Waals surface area (Å²) in [6.07, 6.45) is 5.50. The number of rotatable bonds is 2. The first-order chi connectivity index (χ1) is 7.29. The zero-order valence-electron chi connectivity index (χ0n) is 8.03. The summed E-state index contributed by atoms with van der Waals surface area (Å²) in [5.41, 5.74) is 3.53. The molecular formula is C10H11N3O2. The van der Waals surface area contributed by atoms with E-state index in [1.165, 1.54) is 11.6 Å². The van der Waals surface area contributed by atoms with Crippen molar-refractivity contribution in [3.63, 3.8) is 0 Å². The molecule has 1 aliphatic rings. The van der Waals surface area contributed by atoms with E-state index < -0.39 is 5.91 Å². The third kappa shape index (κ3) is 2.13. The van der Waals surface area contributed by atoms with Crippen LogP contribution in [0, 0.1) is 0 Å². The number of amides is 1. The highest BCUT2D eigenvalue weighted by molar-refractivity contribution is 5.90. The van der Waals surface area contributed by atoms with E-state index in [0.29, 0.717) is 0 Å². The number of hydroxylamine groups is 1. The number of nitrogens with one attached hydrogen (secondary N) is 2. The maximum atomic E-state index is 10.7. The Hall–Kier alpha value is -1.88. The average Bonchev–Trinajstić information content (AvgIpc) is 2.72. The third-order valence-electron chi connectivity index (χ3n) is 2.21. The Kier molecular flexibility index (Phi) is 2.64. The fourth-order valence-electron chi connectivity index (χ4n) is 1.49. The molecule has 0 aliphatic carbocycles. The maximum Gasteiger partial charge on any atom is 0.267 e. The Bertz CT molecular complexity index is 415. The monoisotopic (exact) mass is 205 g/mol. The van der Waals surface area contributed by atoms with Crippen LogP contribution in [0.2, 0.25) is 0 Å². The number of carbonyl (C=O) groups excluding carboxylic acids is 1. The first-order valence-corrected chi connectivity index (χ1v) is 4.64. The smallest absolute Gasteiger partial charge is 0.267 e. The SMILES string of the molecule is O=C(C=Cc1cnc2c(c1)CCN2)NO. The molecule has 0 saturated heterocycles. The van der Waals surface area contributed by atoms with E-state index in [1.54, 1.807) is 12.3 Å². The largest absolute Gasteiger partial charge is 0.370 e. The Morgan fingerprint density at radius 2 is 2.53 bits per heavy atom.